The maximum absolute atomic E-state index is 5.86. The number of anilines is 3. The van der Waals surface area contributed by atoms with E-state index in [0.717, 1.165) is 21.1 Å². The van der Waals surface area contributed by atoms with Gasteiger partial charge in [-0.1, -0.05) is 23.7 Å². The minimum atomic E-state index is 0.121. The van der Waals surface area contributed by atoms with E-state index in [0.29, 0.717) is 5.82 Å². The molecule has 100 valence electrons. The van der Waals surface area contributed by atoms with Gasteiger partial charge in [0.1, 0.15) is 11.0 Å². The predicted molar refractivity (Wildman–Crippen MR) is 84.2 cm³/mol. The topological polar surface area (TPSA) is 76.7 Å². The monoisotopic (exact) mass is 349 g/mol. The zero-order chi connectivity index (χ0) is 14.1. The Hall–Kier alpha value is -1.92. The van der Waals surface area contributed by atoms with Crippen LogP contribution in [0, 0.1) is 0 Å². The Bertz CT molecular complexity index is 773. The van der Waals surface area contributed by atoms with Crippen molar-refractivity contribution in [2.45, 2.75) is 0 Å². The van der Waals surface area contributed by atoms with Gasteiger partial charge in [-0.05, 0) is 28.1 Å². The van der Waals surface area contributed by atoms with Crippen molar-refractivity contribution in [2.24, 2.45) is 0 Å². The van der Waals surface area contributed by atoms with Gasteiger partial charge in [-0.25, -0.2) is 4.98 Å². The first-order valence-corrected chi connectivity index (χ1v) is 6.90. The molecule has 0 radical (unpaired) electrons. The van der Waals surface area contributed by atoms with Crippen LogP contribution in [0.1, 0.15) is 0 Å². The summed E-state index contributed by atoms with van der Waals surface area (Å²) < 4.78 is 0.927. The number of nitrogens with zero attached hydrogens (tertiary/aromatic N) is 3. The largest absolute Gasteiger partial charge is 0.368 e. The zero-order valence-electron chi connectivity index (χ0n) is 10.1. The summed E-state index contributed by atoms with van der Waals surface area (Å²) in [7, 11) is 0. The molecule has 0 bridgehead atoms. The molecule has 0 atom stereocenters. The minimum absolute atomic E-state index is 0.121. The van der Waals surface area contributed by atoms with Crippen molar-refractivity contribution in [3.8, 4) is 0 Å². The van der Waals surface area contributed by atoms with Crippen LogP contribution in [0.15, 0.2) is 41.0 Å². The number of pyridine rings is 1. The summed E-state index contributed by atoms with van der Waals surface area (Å²) in [5.41, 5.74) is 7.24. The molecule has 3 rings (SSSR count). The number of hydrogen-bond acceptors (Lipinski definition) is 5. The van der Waals surface area contributed by atoms with Gasteiger partial charge in [0, 0.05) is 22.1 Å². The fourth-order valence-corrected chi connectivity index (χ4v) is 2.41. The maximum atomic E-state index is 5.86. The molecule has 0 fully saturated rings. The van der Waals surface area contributed by atoms with Crippen LogP contribution in [0.2, 0.25) is 5.15 Å². The number of para-hydroxylation sites is 1. The second kappa shape index (κ2) is 5.22. The number of hydrogen-bond donors (Lipinski definition) is 2. The molecule has 0 aliphatic heterocycles. The second-order valence-electron chi connectivity index (χ2n) is 4.09. The molecule has 0 spiro atoms. The number of aromatic nitrogens is 3. The minimum Gasteiger partial charge on any atom is -0.368 e. The predicted octanol–water partition coefficient (Wildman–Crippen LogP) is 3.77. The van der Waals surface area contributed by atoms with Crippen LogP contribution in [0.5, 0.6) is 0 Å². The SMILES string of the molecule is Nc1nc(Cl)cc(Nc2cccc3cc(Br)cnc23)n1. The Morgan fingerprint density at radius 3 is 2.85 bits per heavy atom. The fraction of sp³-hybridized carbons (Fsp3) is 0. The standard InChI is InChI=1S/C13H9BrClN5/c14-8-4-7-2-1-3-9(12(7)17-6-8)18-11-5-10(15)19-13(16)20-11/h1-6H,(H3,16,18,19,20). The fourth-order valence-electron chi connectivity index (χ4n) is 1.87. The highest BCUT2D eigenvalue weighted by molar-refractivity contribution is 9.10. The quantitative estimate of drug-likeness (QED) is 0.688. The van der Waals surface area contributed by atoms with Crippen molar-refractivity contribution in [1.29, 1.82) is 0 Å². The molecule has 0 aliphatic carbocycles. The molecule has 0 amide bonds. The summed E-state index contributed by atoms with van der Waals surface area (Å²) >= 11 is 9.27. The van der Waals surface area contributed by atoms with Crippen LogP contribution < -0.4 is 11.1 Å². The normalized spacial score (nSPS) is 10.7. The van der Waals surface area contributed by atoms with Gasteiger partial charge in [0.15, 0.2) is 0 Å². The molecule has 3 aromatic rings. The van der Waals surface area contributed by atoms with E-state index in [1.165, 1.54) is 0 Å². The number of nitrogens with one attached hydrogen (secondary N) is 1. The second-order valence-corrected chi connectivity index (χ2v) is 5.39. The molecule has 7 heteroatoms. The molecule has 0 saturated heterocycles. The lowest BCUT2D eigenvalue weighted by Gasteiger charge is -2.09. The Morgan fingerprint density at radius 1 is 1.20 bits per heavy atom. The Balaban J connectivity index is 2.06. The van der Waals surface area contributed by atoms with Gasteiger partial charge in [-0.3, -0.25) is 4.98 Å². The van der Waals surface area contributed by atoms with Crippen LogP contribution in [-0.4, -0.2) is 15.0 Å². The van der Waals surface area contributed by atoms with Gasteiger partial charge < -0.3 is 11.1 Å². The van der Waals surface area contributed by atoms with E-state index in [-0.39, 0.29) is 11.1 Å². The molecule has 0 unspecified atom stereocenters. The first kappa shape index (κ1) is 13.1. The number of halogens is 2. The molecule has 2 aromatic heterocycles. The van der Waals surface area contributed by atoms with Crippen molar-refractivity contribution < 1.29 is 0 Å². The van der Waals surface area contributed by atoms with Crippen molar-refractivity contribution in [3.05, 3.63) is 46.2 Å². The number of benzene rings is 1. The Morgan fingerprint density at radius 2 is 2.05 bits per heavy atom. The Kier molecular flexibility index (Phi) is 3.42. The summed E-state index contributed by atoms with van der Waals surface area (Å²) in [5, 5.41) is 4.45. The zero-order valence-corrected chi connectivity index (χ0v) is 12.5. The molecule has 5 nitrogen and oxygen atoms in total. The van der Waals surface area contributed by atoms with E-state index in [9.17, 15) is 0 Å². The first-order chi connectivity index (χ1) is 9.61. The summed E-state index contributed by atoms with van der Waals surface area (Å²) in [6.07, 6.45) is 1.74. The lowest BCUT2D eigenvalue weighted by molar-refractivity contribution is 1.18. The summed E-state index contributed by atoms with van der Waals surface area (Å²) in [6, 6.07) is 9.43. The van der Waals surface area contributed by atoms with Gasteiger partial charge in [0.25, 0.3) is 0 Å². The van der Waals surface area contributed by atoms with E-state index >= 15 is 0 Å². The van der Waals surface area contributed by atoms with Gasteiger partial charge in [-0.2, -0.15) is 4.98 Å². The van der Waals surface area contributed by atoms with Gasteiger partial charge in [0.2, 0.25) is 5.95 Å². The van der Waals surface area contributed by atoms with E-state index in [2.05, 4.69) is 36.2 Å². The maximum Gasteiger partial charge on any atom is 0.223 e. The first-order valence-electron chi connectivity index (χ1n) is 5.73. The van der Waals surface area contributed by atoms with E-state index in [1.54, 1.807) is 12.3 Å². The average molecular weight is 351 g/mol. The molecular formula is C13H9BrClN5. The number of nitrogens with two attached hydrogens (primary N) is 1. The van der Waals surface area contributed by atoms with E-state index in [4.69, 9.17) is 17.3 Å². The van der Waals surface area contributed by atoms with Crippen LogP contribution in [0.25, 0.3) is 10.9 Å². The van der Waals surface area contributed by atoms with E-state index in [1.807, 2.05) is 24.3 Å². The van der Waals surface area contributed by atoms with Gasteiger partial charge in [0.05, 0.1) is 11.2 Å². The highest BCUT2D eigenvalue weighted by Gasteiger charge is 2.06. The van der Waals surface area contributed by atoms with Crippen molar-refractivity contribution in [1.82, 2.24) is 15.0 Å². The highest BCUT2D eigenvalue weighted by atomic mass is 79.9. The van der Waals surface area contributed by atoms with Crippen LogP contribution >= 0.6 is 27.5 Å². The molecule has 1 aromatic carbocycles. The average Bonchev–Trinajstić information content (AvgIpc) is 2.37. The van der Waals surface area contributed by atoms with Crippen LogP contribution in [-0.2, 0) is 0 Å². The number of fused-ring (bicyclic) bond motifs is 1. The smallest absolute Gasteiger partial charge is 0.223 e. The molecule has 2 heterocycles. The number of nitrogen functional groups attached to an aromatic ring is 1. The van der Waals surface area contributed by atoms with Crippen molar-refractivity contribution in [3.63, 3.8) is 0 Å². The van der Waals surface area contributed by atoms with Gasteiger partial charge in [-0.15, -0.1) is 0 Å². The third kappa shape index (κ3) is 2.66. The summed E-state index contributed by atoms with van der Waals surface area (Å²) in [5.74, 6) is 0.649. The van der Waals surface area contributed by atoms with E-state index < -0.39 is 0 Å². The third-order valence-electron chi connectivity index (χ3n) is 2.65. The molecule has 0 aliphatic rings. The summed E-state index contributed by atoms with van der Waals surface area (Å²) in [4.78, 5) is 12.3. The highest BCUT2D eigenvalue weighted by Crippen LogP contribution is 2.26. The van der Waals surface area contributed by atoms with Crippen molar-refractivity contribution in [2.75, 3.05) is 11.1 Å². The van der Waals surface area contributed by atoms with Crippen LogP contribution in [0.3, 0.4) is 0 Å². The van der Waals surface area contributed by atoms with Crippen molar-refractivity contribution >= 4 is 55.9 Å². The molecule has 0 saturated carbocycles. The lowest BCUT2D eigenvalue weighted by atomic mass is 10.2. The number of rotatable bonds is 2. The Labute approximate surface area is 128 Å². The lowest BCUT2D eigenvalue weighted by Crippen LogP contribution is -2.00. The van der Waals surface area contributed by atoms with Crippen LogP contribution in [0.4, 0.5) is 17.5 Å². The molecular weight excluding hydrogens is 342 g/mol. The third-order valence-corrected chi connectivity index (χ3v) is 3.28. The summed E-state index contributed by atoms with van der Waals surface area (Å²) in [6.45, 7) is 0. The molecule has 20 heavy (non-hydrogen) atoms. The molecule has 3 N–H and O–H groups in total. The van der Waals surface area contributed by atoms with Gasteiger partial charge >= 0.3 is 0 Å².